The normalized spacial score (nSPS) is 14.7. The van der Waals surface area contributed by atoms with E-state index in [4.69, 9.17) is 0 Å². The van der Waals surface area contributed by atoms with Crippen LogP contribution in [0.5, 0.6) is 0 Å². The number of rotatable bonds is 2. The standard InChI is InChI=1S/C16H15BrF2N4O2/c1-21-16(25)14(17)13(9-20-21)22-4-6-23(7-5-22)15(24)11-3-2-10(18)8-12(11)19/h2-3,8-9H,4-7H2,1H3. The van der Waals surface area contributed by atoms with Crippen LogP contribution in [-0.4, -0.2) is 46.8 Å². The second-order valence-corrected chi connectivity index (χ2v) is 6.47. The van der Waals surface area contributed by atoms with Gasteiger partial charge < -0.3 is 9.80 Å². The van der Waals surface area contributed by atoms with Crippen LogP contribution in [0.15, 0.2) is 33.7 Å². The second-order valence-electron chi connectivity index (χ2n) is 5.68. The van der Waals surface area contributed by atoms with Crippen molar-refractivity contribution in [3.8, 4) is 0 Å². The van der Waals surface area contributed by atoms with E-state index in [-0.39, 0.29) is 11.1 Å². The van der Waals surface area contributed by atoms with Crippen LogP contribution < -0.4 is 10.5 Å². The zero-order valence-electron chi connectivity index (χ0n) is 13.4. The molecule has 6 nitrogen and oxygen atoms in total. The SMILES string of the molecule is Cn1ncc(N2CCN(C(=O)c3ccc(F)cc3F)CC2)c(Br)c1=O. The first kappa shape index (κ1) is 17.5. The van der Waals surface area contributed by atoms with Crippen LogP contribution in [0.2, 0.25) is 0 Å². The van der Waals surface area contributed by atoms with Crippen molar-refractivity contribution < 1.29 is 13.6 Å². The van der Waals surface area contributed by atoms with E-state index in [0.29, 0.717) is 42.4 Å². The maximum atomic E-state index is 13.8. The Balaban J connectivity index is 1.73. The molecule has 0 aliphatic carbocycles. The Hall–Kier alpha value is -2.29. The molecule has 2 aromatic rings. The summed E-state index contributed by atoms with van der Waals surface area (Å²) in [4.78, 5) is 27.8. The average Bonchev–Trinajstić information content (AvgIpc) is 2.60. The molecule has 1 saturated heterocycles. The number of hydrogen-bond donors (Lipinski definition) is 0. The van der Waals surface area contributed by atoms with E-state index < -0.39 is 17.5 Å². The van der Waals surface area contributed by atoms with Gasteiger partial charge in [0, 0.05) is 39.3 Å². The predicted molar refractivity (Wildman–Crippen MR) is 91.7 cm³/mol. The lowest BCUT2D eigenvalue weighted by molar-refractivity contribution is 0.0742. The van der Waals surface area contributed by atoms with Crippen LogP contribution in [0.25, 0.3) is 0 Å². The molecule has 1 fully saturated rings. The number of nitrogens with zero attached hydrogens (tertiary/aromatic N) is 4. The molecule has 3 rings (SSSR count). The molecule has 0 atom stereocenters. The number of aryl methyl sites for hydroxylation is 1. The van der Waals surface area contributed by atoms with E-state index in [0.717, 1.165) is 12.1 Å². The molecule has 9 heteroatoms. The highest BCUT2D eigenvalue weighted by atomic mass is 79.9. The maximum Gasteiger partial charge on any atom is 0.282 e. The van der Waals surface area contributed by atoms with Gasteiger partial charge >= 0.3 is 0 Å². The van der Waals surface area contributed by atoms with Crippen molar-refractivity contribution in [1.82, 2.24) is 14.7 Å². The molecule has 0 bridgehead atoms. The molecule has 1 aliphatic heterocycles. The molecule has 0 N–H and O–H groups in total. The largest absolute Gasteiger partial charge is 0.366 e. The number of aromatic nitrogens is 2. The van der Waals surface area contributed by atoms with Crippen molar-refractivity contribution in [3.63, 3.8) is 0 Å². The fraction of sp³-hybridized carbons (Fsp3) is 0.312. The first-order chi connectivity index (χ1) is 11.9. The monoisotopic (exact) mass is 412 g/mol. The molecule has 0 spiro atoms. The van der Waals surface area contributed by atoms with E-state index in [1.807, 2.05) is 4.90 Å². The van der Waals surface area contributed by atoms with E-state index >= 15 is 0 Å². The van der Waals surface area contributed by atoms with E-state index in [1.165, 1.54) is 9.58 Å². The highest BCUT2D eigenvalue weighted by Gasteiger charge is 2.26. The third-order valence-electron chi connectivity index (χ3n) is 4.13. The highest BCUT2D eigenvalue weighted by Crippen LogP contribution is 2.23. The lowest BCUT2D eigenvalue weighted by atomic mass is 10.1. The van der Waals surface area contributed by atoms with Gasteiger partial charge in [-0.15, -0.1) is 0 Å². The van der Waals surface area contributed by atoms with Gasteiger partial charge in [-0.25, -0.2) is 13.5 Å². The lowest BCUT2D eigenvalue weighted by Crippen LogP contribution is -2.49. The highest BCUT2D eigenvalue weighted by molar-refractivity contribution is 9.10. The Labute approximate surface area is 150 Å². The van der Waals surface area contributed by atoms with Gasteiger partial charge in [0.1, 0.15) is 16.1 Å². The summed E-state index contributed by atoms with van der Waals surface area (Å²) < 4.78 is 28.4. The molecule has 1 aliphatic rings. The van der Waals surface area contributed by atoms with Crippen LogP contribution >= 0.6 is 15.9 Å². The summed E-state index contributed by atoms with van der Waals surface area (Å²) in [6.45, 7) is 1.67. The summed E-state index contributed by atoms with van der Waals surface area (Å²) in [5.41, 5.74) is 0.263. The molecular weight excluding hydrogens is 398 g/mol. The number of halogens is 3. The minimum Gasteiger partial charge on any atom is -0.366 e. The average molecular weight is 413 g/mol. The number of anilines is 1. The van der Waals surface area contributed by atoms with Gasteiger partial charge in [0.05, 0.1) is 17.4 Å². The van der Waals surface area contributed by atoms with Crippen LogP contribution in [0, 0.1) is 11.6 Å². The summed E-state index contributed by atoms with van der Waals surface area (Å²) in [6.07, 6.45) is 1.59. The summed E-state index contributed by atoms with van der Waals surface area (Å²) in [6, 6.07) is 2.92. The van der Waals surface area contributed by atoms with Crippen LogP contribution in [0.3, 0.4) is 0 Å². The van der Waals surface area contributed by atoms with E-state index in [2.05, 4.69) is 21.0 Å². The van der Waals surface area contributed by atoms with Gasteiger partial charge in [0.2, 0.25) is 0 Å². The summed E-state index contributed by atoms with van der Waals surface area (Å²) in [5, 5.41) is 4.00. The molecule has 132 valence electrons. The molecule has 1 amide bonds. The summed E-state index contributed by atoms with van der Waals surface area (Å²) in [5.74, 6) is -2.06. The third kappa shape index (κ3) is 3.41. The van der Waals surface area contributed by atoms with E-state index in [1.54, 1.807) is 13.2 Å². The zero-order chi connectivity index (χ0) is 18.1. The number of amides is 1. The van der Waals surface area contributed by atoms with Gasteiger partial charge in [0.15, 0.2) is 0 Å². The molecule has 1 aromatic carbocycles. The van der Waals surface area contributed by atoms with E-state index in [9.17, 15) is 18.4 Å². The van der Waals surface area contributed by atoms with Crippen molar-refractivity contribution >= 4 is 27.5 Å². The molecular formula is C16H15BrF2N4O2. The number of carbonyl (C=O) groups is 1. The smallest absolute Gasteiger partial charge is 0.282 e. The van der Waals surface area contributed by atoms with Gasteiger partial charge in [-0.1, -0.05) is 0 Å². The molecule has 0 radical (unpaired) electrons. The maximum absolute atomic E-state index is 13.8. The predicted octanol–water partition coefficient (Wildman–Crippen LogP) is 1.78. The van der Waals surface area contributed by atoms with Crippen LogP contribution in [0.4, 0.5) is 14.5 Å². The van der Waals surface area contributed by atoms with Crippen molar-refractivity contribution in [1.29, 1.82) is 0 Å². The Morgan fingerprint density at radius 2 is 1.88 bits per heavy atom. The van der Waals surface area contributed by atoms with Crippen molar-refractivity contribution in [2.45, 2.75) is 0 Å². The van der Waals surface area contributed by atoms with Gasteiger partial charge in [-0.2, -0.15) is 5.10 Å². The topological polar surface area (TPSA) is 58.4 Å². The lowest BCUT2D eigenvalue weighted by Gasteiger charge is -2.36. The number of carbonyl (C=O) groups excluding carboxylic acids is 1. The number of benzene rings is 1. The minimum atomic E-state index is -0.870. The van der Waals surface area contributed by atoms with Gasteiger partial charge in [-0.05, 0) is 28.1 Å². The Morgan fingerprint density at radius 1 is 1.20 bits per heavy atom. The molecule has 2 heterocycles. The zero-order valence-corrected chi connectivity index (χ0v) is 15.0. The Morgan fingerprint density at radius 3 is 2.52 bits per heavy atom. The number of piperazine rings is 1. The van der Waals surface area contributed by atoms with Gasteiger partial charge in [-0.3, -0.25) is 9.59 Å². The van der Waals surface area contributed by atoms with Crippen molar-refractivity contribution in [2.75, 3.05) is 31.1 Å². The van der Waals surface area contributed by atoms with Crippen molar-refractivity contribution in [3.05, 3.63) is 56.4 Å². The Kier molecular flexibility index (Phi) is 4.85. The minimum absolute atomic E-state index is 0.147. The number of hydrogen-bond acceptors (Lipinski definition) is 4. The molecule has 1 aromatic heterocycles. The quantitative estimate of drug-likeness (QED) is 0.754. The first-order valence-electron chi connectivity index (χ1n) is 7.59. The Bertz CT molecular complexity index is 879. The second kappa shape index (κ2) is 6.91. The molecule has 0 saturated carbocycles. The fourth-order valence-corrected chi connectivity index (χ4v) is 3.32. The molecule has 0 unspecified atom stereocenters. The first-order valence-corrected chi connectivity index (χ1v) is 8.39. The van der Waals surface area contributed by atoms with Gasteiger partial charge in [0.25, 0.3) is 11.5 Å². The summed E-state index contributed by atoms with van der Waals surface area (Å²) in [7, 11) is 1.56. The third-order valence-corrected chi connectivity index (χ3v) is 4.87. The fourth-order valence-electron chi connectivity index (χ4n) is 2.71. The van der Waals surface area contributed by atoms with Crippen LogP contribution in [-0.2, 0) is 7.05 Å². The van der Waals surface area contributed by atoms with Crippen molar-refractivity contribution in [2.24, 2.45) is 7.05 Å². The van der Waals surface area contributed by atoms with Crippen LogP contribution in [0.1, 0.15) is 10.4 Å². The summed E-state index contributed by atoms with van der Waals surface area (Å²) >= 11 is 3.28. The molecule has 25 heavy (non-hydrogen) atoms.